The summed E-state index contributed by atoms with van der Waals surface area (Å²) >= 11 is 0. The molecule has 32 heavy (non-hydrogen) atoms. The highest BCUT2D eigenvalue weighted by Crippen LogP contribution is 2.29. The minimum absolute atomic E-state index is 0.0355. The zero-order chi connectivity index (χ0) is 23.3. The van der Waals surface area contributed by atoms with Crippen LogP contribution in [0.3, 0.4) is 0 Å². The third kappa shape index (κ3) is 6.27. The minimum atomic E-state index is -0.636. The van der Waals surface area contributed by atoms with E-state index in [1.165, 1.54) is 7.11 Å². The van der Waals surface area contributed by atoms with Crippen LogP contribution in [0, 0.1) is 5.92 Å². The van der Waals surface area contributed by atoms with Crippen molar-refractivity contribution in [2.45, 2.75) is 52.1 Å². The third-order valence-electron chi connectivity index (χ3n) is 5.54. The average Bonchev–Trinajstić information content (AvgIpc) is 3.27. The molecule has 0 aromatic heterocycles. The van der Waals surface area contributed by atoms with Gasteiger partial charge in [0, 0.05) is 31.9 Å². The van der Waals surface area contributed by atoms with E-state index in [2.05, 4.69) is 10.6 Å². The number of ether oxygens (including phenoxy) is 2. The Morgan fingerprint density at radius 1 is 1.00 bits per heavy atom. The zero-order valence-electron chi connectivity index (χ0n) is 19.4. The van der Waals surface area contributed by atoms with Crippen molar-refractivity contribution in [3.8, 4) is 5.75 Å². The number of hydrogen-bond donors (Lipinski definition) is 2. The lowest BCUT2D eigenvalue weighted by molar-refractivity contribution is -0.121. The Balaban J connectivity index is 1.63. The highest BCUT2D eigenvalue weighted by atomic mass is 16.6. The molecule has 176 valence electrons. The number of rotatable bonds is 4. The van der Waals surface area contributed by atoms with Gasteiger partial charge in [-0.05, 0) is 64.7 Å². The van der Waals surface area contributed by atoms with Crippen molar-refractivity contribution in [2.75, 3.05) is 43.9 Å². The molecular weight excluding hydrogens is 412 g/mol. The van der Waals surface area contributed by atoms with E-state index >= 15 is 0 Å². The fraction of sp³-hybridized carbons (Fsp3) is 0.609. The second kappa shape index (κ2) is 10.1. The van der Waals surface area contributed by atoms with Gasteiger partial charge in [0.2, 0.25) is 5.91 Å². The molecule has 1 aromatic carbocycles. The number of amides is 4. The number of nitrogens with zero attached hydrogens (tertiary/aromatic N) is 2. The first kappa shape index (κ1) is 23.7. The molecule has 2 heterocycles. The highest BCUT2D eigenvalue weighted by molar-refractivity contribution is 5.95. The van der Waals surface area contributed by atoms with Crippen LogP contribution in [-0.4, -0.2) is 66.7 Å². The number of hydrogen-bond acceptors (Lipinski definition) is 5. The lowest BCUT2D eigenvalue weighted by Gasteiger charge is -2.34. The Labute approximate surface area is 189 Å². The molecule has 2 N–H and O–H groups in total. The van der Waals surface area contributed by atoms with Crippen LogP contribution < -0.4 is 15.4 Å². The molecule has 2 fully saturated rings. The molecule has 0 saturated carbocycles. The number of urea groups is 1. The van der Waals surface area contributed by atoms with E-state index in [-0.39, 0.29) is 17.9 Å². The highest BCUT2D eigenvalue weighted by Gasteiger charge is 2.31. The Hall–Kier alpha value is -2.97. The monoisotopic (exact) mass is 446 g/mol. The molecule has 2 saturated heterocycles. The molecule has 2 aliphatic heterocycles. The summed E-state index contributed by atoms with van der Waals surface area (Å²) in [5.41, 5.74) is 0.293. The Morgan fingerprint density at radius 2 is 1.69 bits per heavy atom. The quantitative estimate of drug-likeness (QED) is 0.730. The van der Waals surface area contributed by atoms with Gasteiger partial charge in [0.15, 0.2) is 0 Å². The summed E-state index contributed by atoms with van der Waals surface area (Å²) in [7, 11) is 1.50. The summed E-state index contributed by atoms with van der Waals surface area (Å²) in [4.78, 5) is 41.5. The first-order valence-corrected chi connectivity index (χ1v) is 11.2. The number of carbonyl (C=O) groups excluding carboxylic acids is 3. The van der Waals surface area contributed by atoms with Crippen LogP contribution in [0.5, 0.6) is 5.75 Å². The van der Waals surface area contributed by atoms with Crippen LogP contribution in [0.2, 0.25) is 0 Å². The van der Waals surface area contributed by atoms with Gasteiger partial charge in [-0.25, -0.2) is 9.59 Å². The first-order valence-electron chi connectivity index (χ1n) is 11.2. The zero-order valence-corrected chi connectivity index (χ0v) is 19.4. The van der Waals surface area contributed by atoms with Crippen molar-refractivity contribution in [3.05, 3.63) is 18.2 Å². The van der Waals surface area contributed by atoms with Crippen molar-refractivity contribution >= 4 is 29.4 Å². The Kier molecular flexibility index (Phi) is 7.48. The molecule has 0 spiro atoms. The Bertz CT molecular complexity index is 845. The van der Waals surface area contributed by atoms with Gasteiger partial charge in [-0.2, -0.15) is 0 Å². The molecule has 9 heteroatoms. The Morgan fingerprint density at radius 3 is 2.34 bits per heavy atom. The maximum atomic E-state index is 12.9. The molecule has 1 atom stereocenters. The normalized spacial score (nSPS) is 18.8. The van der Waals surface area contributed by atoms with Crippen LogP contribution in [0.25, 0.3) is 0 Å². The van der Waals surface area contributed by atoms with E-state index < -0.39 is 11.7 Å². The van der Waals surface area contributed by atoms with Crippen molar-refractivity contribution in [2.24, 2.45) is 5.92 Å². The third-order valence-corrected chi connectivity index (χ3v) is 5.54. The summed E-state index contributed by atoms with van der Waals surface area (Å²) in [5.74, 6) is 0.0332. The van der Waals surface area contributed by atoms with Crippen LogP contribution in [0.1, 0.15) is 46.5 Å². The van der Waals surface area contributed by atoms with Crippen molar-refractivity contribution in [1.82, 2.24) is 9.80 Å². The number of benzene rings is 1. The molecule has 1 aromatic rings. The molecule has 0 radical (unpaired) electrons. The van der Waals surface area contributed by atoms with Crippen molar-refractivity contribution < 1.29 is 23.9 Å². The number of anilines is 2. The molecule has 4 amide bonds. The average molecular weight is 447 g/mol. The molecule has 2 aliphatic rings. The fourth-order valence-corrected chi connectivity index (χ4v) is 4.01. The van der Waals surface area contributed by atoms with Gasteiger partial charge in [-0.15, -0.1) is 0 Å². The van der Waals surface area contributed by atoms with Crippen molar-refractivity contribution in [3.63, 3.8) is 0 Å². The predicted molar refractivity (Wildman–Crippen MR) is 122 cm³/mol. The predicted octanol–water partition coefficient (Wildman–Crippen LogP) is 3.91. The maximum Gasteiger partial charge on any atom is 0.412 e. The lowest BCUT2D eigenvalue weighted by Crippen LogP contribution is -2.48. The van der Waals surface area contributed by atoms with Gasteiger partial charge in [0.25, 0.3) is 0 Å². The van der Waals surface area contributed by atoms with Crippen LogP contribution >= 0.6 is 0 Å². The molecule has 3 rings (SSSR count). The molecule has 0 aliphatic carbocycles. The van der Waals surface area contributed by atoms with E-state index in [4.69, 9.17) is 9.47 Å². The summed E-state index contributed by atoms with van der Waals surface area (Å²) in [6, 6.07) is 5.06. The fourth-order valence-electron chi connectivity index (χ4n) is 4.01. The van der Waals surface area contributed by atoms with Gasteiger partial charge < -0.3 is 24.6 Å². The smallest absolute Gasteiger partial charge is 0.412 e. The summed E-state index contributed by atoms with van der Waals surface area (Å²) < 4.78 is 10.6. The molecular formula is C23H34N4O5. The largest absolute Gasteiger partial charge is 0.495 e. The standard InChI is InChI=1S/C23H34N4O5/c1-23(2,3)32-21(29)25-18-14-17(9-10-19(18)31-4)24-20(28)16-8-7-13-27(15-16)22(30)26-11-5-6-12-26/h9-10,14,16H,5-8,11-13,15H2,1-4H3,(H,24,28)(H,25,29). The first-order chi connectivity index (χ1) is 15.2. The molecule has 1 unspecified atom stereocenters. The SMILES string of the molecule is COc1ccc(NC(=O)C2CCCN(C(=O)N3CCCC3)C2)cc1NC(=O)OC(C)(C)C. The van der Waals surface area contributed by atoms with Crippen LogP contribution in [0.15, 0.2) is 18.2 Å². The summed E-state index contributed by atoms with van der Waals surface area (Å²) in [6.45, 7) is 8.04. The lowest BCUT2D eigenvalue weighted by atomic mass is 9.97. The van der Waals surface area contributed by atoms with E-state index in [1.54, 1.807) is 43.9 Å². The van der Waals surface area contributed by atoms with Gasteiger partial charge in [-0.1, -0.05) is 0 Å². The molecule has 0 bridgehead atoms. The van der Waals surface area contributed by atoms with E-state index in [9.17, 15) is 14.4 Å². The van der Waals surface area contributed by atoms with Crippen molar-refractivity contribution in [1.29, 1.82) is 0 Å². The number of methoxy groups -OCH3 is 1. The minimum Gasteiger partial charge on any atom is -0.495 e. The van der Waals surface area contributed by atoms with Gasteiger partial charge in [0.05, 0.1) is 18.7 Å². The number of carbonyl (C=O) groups is 3. The number of piperidine rings is 1. The van der Waals surface area contributed by atoms with E-state index in [1.807, 2.05) is 4.90 Å². The van der Waals surface area contributed by atoms with E-state index in [0.717, 1.165) is 38.8 Å². The van der Waals surface area contributed by atoms with Crippen LogP contribution in [0.4, 0.5) is 21.0 Å². The van der Waals surface area contributed by atoms with Gasteiger partial charge in [-0.3, -0.25) is 10.1 Å². The second-order valence-corrected chi connectivity index (χ2v) is 9.29. The second-order valence-electron chi connectivity index (χ2n) is 9.29. The van der Waals surface area contributed by atoms with Gasteiger partial charge in [0.1, 0.15) is 11.4 Å². The van der Waals surface area contributed by atoms with E-state index in [0.29, 0.717) is 30.2 Å². The molecule has 9 nitrogen and oxygen atoms in total. The van der Waals surface area contributed by atoms with Gasteiger partial charge >= 0.3 is 12.1 Å². The number of nitrogens with one attached hydrogen (secondary N) is 2. The summed E-state index contributed by atoms with van der Waals surface area (Å²) in [6.07, 6.45) is 3.00. The summed E-state index contributed by atoms with van der Waals surface area (Å²) in [5, 5.41) is 5.58. The van der Waals surface area contributed by atoms with Crippen LogP contribution in [-0.2, 0) is 9.53 Å². The topological polar surface area (TPSA) is 100 Å². The number of likely N-dealkylation sites (tertiary alicyclic amines) is 2. The maximum absolute atomic E-state index is 12.9.